The Labute approximate surface area is 194 Å². The average molecular weight is 489 g/mol. The lowest BCUT2D eigenvalue weighted by Gasteiger charge is -2.20. The highest BCUT2D eigenvalue weighted by Gasteiger charge is 2.25. The first kappa shape index (κ1) is 22.4. The summed E-state index contributed by atoms with van der Waals surface area (Å²) in [7, 11) is -4.11. The van der Waals surface area contributed by atoms with E-state index < -0.39 is 21.9 Å². The minimum Gasteiger partial charge on any atom is -0.478 e. The molecule has 6 nitrogen and oxygen atoms in total. The van der Waals surface area contributed by atoms with E-state index in [4.69, 9.17) is 23.2 Å². The molecular weight excluding hydrogens is 471 g/mol. The minimum atomic E-state index is -4.11. The van der Waals surface area contributed by atoms with Crippen LogP contribution in [0.5, 0.6) is 0 Å². The van der Waals surface area contributed by atoms with Crippen LogP contribution in [0.15, 0.2) is 77.8 Å². The number of hydrogen-bond acceptors (Lipinski definition) is 3. The maximum absolute atomic E-state index is 13.1. The van der Waals surface area contributed by atoms with Crippen molar-refractivity contribution in [2.75, 3.05) is 6.54 Å². The highest BCUT2D eigenvalue weighted by Crippen LogP contribution is 2.34. The first-order valence-corrected chi connectivity index (χ1v) is 11.8. The van der Waals surface area contributed by atoms with E-state index in [2.05, 4.69) is 9.71 Å². The molecule has 4 rings (SSSR count). The van der Waals surface area contributed by atoms with Crippen LogP contribution in [-0.4, -0.2) is 31.0 Å². The van der Waals surface area contributed by atoms with Gasteiger partial charge in [-0.2, -0.15) is 0 Å². The fourth-order valence-electron chi connectivity index (χ4n) is 3.64. The highest BCUT2D eigenvalue weighted by molar-refractivity contribution is 7.89. The molecule has 0 fully saturated rings. The monoisotopic (exact) mass is 488 g/mol. The van der Waals surface area contributed by atoms with Gasteiger partial charge in [-0.25, -0.2) is 17.9 Å². The van der Waals surface area contributed by atoms with Crippen LogP contribution in [0, 0.1) is 0 Å². The summed E-state index contributed by atoms with van der Waals surface area (Å²) in [5.41, 5.74) is 2.38. The Morgan fingerprint density at radius 2 is 1.69 bits per heavy atom. The number of rotatable bonds is 7. The van der Waals surface area contributed by atoms with Crippen LogP contribution in [0.3, 0.4) is 0 Å². The second kappa shape index (κ2) is 8.96. The summed E-state index contributed by atoms with van der Waals surface area (Å²) in [6.45, 7) is -0.0124. The molecule has 32 heavy (non-hydrogen) atoms. The van der Waals surface area contributed by atoms with Gasteiger partial charge in [-0.05, 0) is 41.5 Å². The molecule has 3 N–H and O–H groups in total. The molecule has 0 radical (unpaired) electrons. The summed E-state index contributed by atoms with van der Waals surface area (Å²) in [6.07, 6.45) is 1.84. The van der Waals surface area contributed by atoms with Gasteiger partial charge in [0.1, 0.15) is 4.90 Å². The topological polar surface area (TPSA) is 99.3 Å². The maximum atomic E-state index is 13.1. The van der Waals surface area contributed by atoms with E-state index in [1.807, 2.05) is 42.6 Å². The molecule has 0 saturated heterocycles. The number of fused-ring (bicyclic) bond motifs is 1. The van der Waals surface area contributed by atoms with Crippen molar-refractivity contribution < 1.29 is 18.3 Å². The van der Waals surface area contributed by atoms with Gasteiger partial charge in [0.15, 0.2) is 0 Å². The van der Waals surface area contributed by atoms with Crippen LogP contribution in [0.25, 0.3) is 10.9 Å². The lowest BCUT2D eigenvalue weighted by Crippen LogP contribution is -2.29. The van der Waals surface area contributed by atoms with Crippen LogP contribution in [0.1, 0.15) is 27.4 Å². The van der Waals surface area contributed by atoms with Gasteiger partial charge >= 0.3 is 5.97 Å². The molecule has 4 aromatic rings. The van der Waals surface area contributed by atoms with E-state index in [1.165, 1.54) is 12.1 Å². The number of aromatic nitrogens is 1. The quantitative estimate of drug-likeness (QED) is 0.329. The maximum Gasteiger partial charge on any atom is 0.335 e. The van der Waals surface area contributed by atoms with Gasteiger partial charge in [0.25, 0.3) is 0 Å². The van der Waals surface area contributed by atoms with Gasteiger partial charge < -0.3 is 10.1 Å². The number of hydrogen-bond donors (Lipinski definition) is 3. The highest BCUT2D eigenvalue weighted by atomic mass is 35.5. The van der Waals surface area contributed by atoms with Gasteiger partial charge in [0, 0.05) is 34.6 Å². The number of carboxylic acid groups (broad SMARTS) is 1. The number of benzene rings is 3. The first-order chi connectivity index (χ1) is 15.3. The minimum absolute atomic E-state index is 0.0124. The SMILES string of the molecule is O=C(O)c1ccc(Cl)c(S(=O)(=O)NC[C@@H](c2ccccc2Cl)c2c[nH]c3ccccc23)c1. The number of H-pyrrole nitrogens is 1. The zero-order valence-corrected chi connectivity index (χ0v) is 18.9. The Kier molecular flexibility index (Phi) is 6.26. The number of sulfonamides is 1. The smallest absolute Gasteiger partial charge is 0.335 e. The van der Waals surface area contributed by atoms with E-state index in [0.717, 1.165) is 28.1 Å². The lowest BCUT2D eigenvalue weighted by molar-refractivity contribution is 0.0696. The van der Waals surface area contributed by atoms with E-state index in [-0.39, 0.29) is 22.0 Å². The standard InChI is InChI=1S/C23H18Cl2N2O4S/c24-19-7-3-1-5-15(19)18(17-12-26-21-8-4-2-6-16(17)21)13-27-32(30,31)22-11-14(23(28)29)9-10-20(22)25/h1-12,18,26-27H,13H2,(H,28,29)/t18-/m0/s1. The molecular formula is C23H18Cl2N2O4S. The third-order valence-electron chi connectivity index (χ3n) is 5.22. The van der Waals surface area contributed by atoms with Crippen LogP contribution < -0.4 is 4.72 Å². The Morgan fingerprint density at radius 1 is 0.969 bits per heavy atom. The molecule has 3 aromatic carbocycles. The predicted molar refractivity (Wildman–Crippen MR) is 125 cm³/mol. The van der Waals surface area contributed by atoms with E-state index in [9.17, 15) is 18.3 Å². The zero-order valence-electron chi connectivity index (χ0n) is 16.5. The van der Waals surface area contributed by atoms with Crippen molar-refractivity contribution in [1.82, 2.24) is 9.71 Å². The van der Waals surface area contributed by atoms with Crippen molar-refractivity contribution in [3.8, 4) is 0 Å². The van der Waals surface area contributed by atoms with Gasteiger partial charge in [-0.1, -0.05) is 59.6 Å². The number of aromatic carboxylic acids is 1. The molecule has 0 spiro atoms. The molecule has 0 saturated carbocycles. The third kappa shape index (κ3) is 4.38. The number of halogens is 2. The Bertz CT molecular complexity index is 1420. The number of para-hydroxylation sites is 1. The van der Waals surface area contributed by atoms with Crippen LogP contribution in [0.2, 0.25) is 10.0 Å². The van der Waals surface area contributed by atoms with Gasteiger partial charge in [-0.3, -0.25) is 0 Å². The van der Waals surface area contributed by atoms with Gasteiger partial charge in [-0.15, -0.1) is 0 Å². The molecule has 1 aromatic heterocycles. The van der Waals surface area contributed by atoms with Crippen LogP contribution in [-0.2, 0) is 10.0 Å². The van der Waals surface area contributed by atoms with Gasteiger partial charge in [0.05, 0.1) is 10.6 Å². The normalized spacial score (nSPS) is 12.7. The molecule has 164 valence electrons. The van der Waals surface area contributed by atoms with Gasteiger partial charge in [0.2, 0.25) is 10.0 Å². The van der Waals surface area contributed by atoms with Crippen molar-refractivity contribution in [3.05, 3.63) is 99.7 Å². The molecule has 0 aliphatic rings. The van der Waals surface area contributed by atoms with Crippen molar-refractivity contribution in [2.24, 2.45) is 0 Å². The fraction of sp³-hybridized carbons (Fsp3) is 0.0870. The fourth-order valence-corrected chi connectivity index (χ4v) is 5.48. The van der Waals surface area contributed by atoms with Crippen molar-refractivity contribution >= 4 is 50.1 Å². The number of nitrogens with one attached hydrogen (secondary N) is 2. The Hall–Kier alpha value is -2.84. The molecule has 0 aliphatic heterocycles. The van der Waals surface area contributed by atoms with Crippen molar-refractivity contribution in [1.29, 1.82) is 0 Å². The number of carboxylic acids is 1. The first-order valence-electron chi connectivity index (χ1n) is 9.61. The Balaban J connectivity index is 1.74. The molecule has 1 heterocycles. The largest absolute Gasteiger partial charge is 0.478 e. The number of carbonyl (C=O) groups is 1. The molecule has 1 atom stereocenters. The lowest BCUT2D eigenvalue weighted by atomic mass is 9.91. The van der Waals surface area contributed by atoms with Crippen molar-refractivity contribution in [3.63, 3.8) is 0 Å². The van der Waals surface area contributed by atoms with E-state index in [1.54, 1.807) is 12.1 Å². The second-order valence-electron chi connectivity index (χ2n) is 7.17. The Morgan fingerprint density at radius 3 is 2.44 bits per heavy atom. The summed E-state index contributed by atoms with van der Waals surface area (Å²) < 4.78 is 28.7. The summed E-state index contributed by atoms with van der Waals surface area (Å²) in [4.78, 5) is 14.2. The zero-order chi connectivity index (χ0) is 22.9. The molecule has 0 bridgehead atoms. The average Bonchev–Trinajstić information content (AvgIpc) is 3.19. The second-order valence-corrected chi connectivity index (χ2v) is 9.72. The summed E-state index contributed by atoms with van der Waals surface area (Å²) >= 11 is 12.5. The van der Waals surface area contributed by atoms with Crippen molar-refractivity contribution in [2.45, 2.75) is 10.8 Å². The third-order valence-corrected chi connectivity index (χ3v) is 7.47. The molecule has 0 aliphatic carbocycles. The predicted octanol–water partition coefficient (Wildman–Crippen LogP) is 5.28. The molecule has 0 amide bonds. The summed E-state index contributed by atoms with van der Waals surface area (Å²) in [5.74, 6) is -1.65. The van der Waals surface area contributed by atoms with Crippen LogP contribution in [0.4, 0.5) is 0 Å². The molecule has 0 unspecified atom stereocenters. The summed E-state index contributed by atoms with van der Waals surface area (Å²) in [5, 5.41) is 10.6. The number of aromatic amines is 1. The van der Waals surface area contributed by atoms with Crippen LogP contribution >= 0.6 is 23.2 Å². The molecule has 9 heteroatoms. The van der Waals surface area contributed by atoms with E-state index >= 15 is 0 Å². The van der Waals surface area contributed by atoms with E-state index in [0.29, 0.717) is 5.02 Å². The summed E-state index contributed by atoms with van der Waals surface area (Å²) in [6, 6.07) is 18.5.